The van der Waals surface area contributed by atoms with Gasteiger partial charge >= 0.3 is 0 Å². The molecule has 0 bridgehead atoms. The highest BCUT2D eigenvalue weighted by Gasteiger charge is 2.12. The lowest BCUT2D eigenvalue weighted by atomic mass is 10.1. The van der Waals surface area contributed by atoms with Crippen LogP contribution in [0.2, 0.25) is 0 Å². The Labute approximate surface area is 104 Å². The lowest BCUT2D eigenvalue weighted by Crippen LogP contribution is -2.35. The number of hydrogen-bond acceptors (Lipinski definition) is 2. The van der Waals surface area contributed by atoms with E-state index >= 15 is 0 Å². The van der Waals surface area contributed by atoms with Gasteiger partial charge in [-0.15, -0.1) is 0 Å². The molecular weight excluding hydrogens is 215 g/mol. The average molecular weight is 238 g/mol. The molecule has 1 rings (SSSR count). The summed E-state index contributed by atoms with van der Waals surface area (Å²) in [4.78, 5) is 2.29. The SMILES string of the molecule is CNC(C)CC(C)N(C)Cc1ccc(F)cc1. The van der Waals surface area contributed by atoms with Crippen molar-refractivity contribution in [3.8, 4) is 0 Å². The first kappa shape index (κ1) is 14.1. The number of hydrogen-bond donors (Lipinski definition) is 1. The van der Waals surface area contributed by atoms with E-state index in [1.165, 1.54) is 12.1 Å². The van der Waals surface area contributed by atoms with Gasteiger partial charge in [-0.25, -0.2) is 4.39 Å². The quantitative estimate of drug-likeness (QED) is 0.819. The average Bonchev–Trinajstić information content (AvgIpc) is 2.31. The number of halogens is 1. The summed E-state index contributed by atoms with van der Waals surface area (Å²) >= 11 is 0. The Kier molecular flexibility index (Phi) is 5.59. The normalized spacial score (nSPS) is 14.9. The van der Waals surface area contributed by atoms with Crippen LogP contribution in [0.5, 0.6) is 0 Å². The molecule has 0 heterocycles. The van der Waals surface area contributed by atoms with Gasteiger partial charge in [0.1, 0.15) is 5.82 Å². The summed E-state index contributed by atoms with van der Waals surface area (Å²) in [6.07, 6.45) is 1.11. The number of benzene rings is 1. The summed E-state index contributed by atoms with van der Waals surface area (Å²) < 4.78 is 12.8. The second kappa shape index (κ2) is 6.72. The van der Waals surface area contributed by atoms with Crippen LogP contribution in [-0.4, -0.2) is 31.1 Å². The Morgan fingerprint density at radius 1 is 1.24 bits per heavy atom. The minimum Gasteiger partial charge on any atom is -0.317 e. The first-order valence-electron chi connectivity index (χ1n) is 6.15. The molecule has 2 atom stereocenters. The number of nitrogens with one attached hydrogen (secondary N) is 1. The van der Waals surface area contributed by atoms with Gasteiger partial charge in [-0.05, 0) is 52.1 Å². The zero-order valence-corrected chi connectivity index (χ0v) is 11.2. The van der Waals surface area contributed by atoms with E-state index in [0.717, 1.165) is 18.5 Å². The maximum absolute atomic E-state index is 12.8. The van der Waals surface area contributed by atoms with Crippen molar-refractivity contribution in [2.75, 3.05) is 14.1 Å². The highest BCUT2D eigenvalue weighted by Crippen LogP contribution is 2.10. The lowest BCUT2D eigenvalue weighted by Gasteiger charge is -2.27. The summed E-state index contributed by atoms with van der Waals surface area (Å²) in [6, 6.07) is 7.75. The van der Waals surface area contributed by atoms with Gasteiger partial charge in [0.25, 0.3) is 0 Å². The fourth-order valence-corrected chi connectivity index (χ4v) is 1.84. The van der Waals surface area contributed by atoms with Crippen LogP contribution in [0.15, 0.2) is 24.3 Å². The van der Waals surface area contributed by atoms with Crippen LogP contribution in [0.3, 0.4) is 0 Å². The summed E-state index contributed by atoms with van der Waals surface area (Å²) in [5.74, 6) is -0.173. The second-order valence-electron chi connectivity index (χ2n) is 4.82. The molecule has 0 amide bonds. The number of nitrogens with zero attached hydrogens (tertiary/aromatic N) is 1. The molecule has 1 aromatic carbocycles. The fourth-order valence-electron chi connectivity index (χ4n) is 1.84. The third kappa shape index (κ3) is 4.84. The van der Waals surface area contributed by atoms with Crippen LogP contribution in [0, 0.1) is 5.82 Å². The van der Waals surface area contributed by atoms with Crippen LogP contribution < -0.4 is 5.32 Å². The van der Waals surface area contributed by atoms with Gasteiger partial charge in [-0.3, -0.25) is 4.90 Å². The molecule has 0 aliphatic heterocycles. The van der Waals surface area contributed by atoms with Crippen LogP contribution in [0.4, 0.5) is 4.39 Å². The largest absolute Gasteiger partial charge is 0.317 e. The van der Waals surface area contributed by atoms with Crippen LogP contribution in [0.25, 0.3) is 0 Å². The Morgan fingerprint density at radius 3 is 2.35 bits per heavy atom. The first-order valence-corrected chi connectivity index (χ1v) is 6.15. The minimum atomic E-state index is -0.173. The Morgan fingerprint density at radius 2 is 1.82 bits per heavy atom. The van der Waals surface area contributed by atoms with Gasteiger partial charge in [-0.2, -0.15) is 0 Å². The molecule has 0 radical (unpaired) electrons. The van der Waals surface area contributed by atoms with E-state index in [0.29, 0.717) is 12.1 Å². The van der Waals surface area contributed by atoms with E-state index in [-0.39, 0.29) is 5.82 Å². The highest BCUT2D eigenvalue weighted by atomic mass is 19.1. The van der Waals surface area contributed by atoms with Gasteiger partial charge < -0.3 is 5.32 Å². The van der Waals surface area contributed by atoms with Crippen molar-refractivity contribution in [2.45, 2.75) is 38.9 Å². The van der Waals surface area contributed by atoms with Gasteiger partial charge in [0.05, 0.1) is 0 Å². The van der Waals surface area contributed by atoms with Crippen LogP contribution in [-0.2, 0) is 6.54 Å². The van der Waals surface area contributed by atoms with Crippen molar-refractivity contribution >= 4 is 0 Å². The molecule has 2 nitrogen and oxygen atoms in total. The van der Waals surface area contributed by atoms with Crippen molar-refractivity contribution in [3.05, 3.63) is 35.6 Å². The molecule has 0 saturated heterocycles. The molecule has 0 spiro atoms. The molecule has 3 heteroatoms. The molecule has 0 fully saturated rings. The molecule has 0 aromatic heterocycles. The molecule has 0 aliphatic rings. The van der Waals surface area contributed by atoms with Crippen molar-refractivity contribution in [1.29, 1.82) is 0 Å². The van der Waals surface area contributed by atoms with Gasteiger partial charge in [0.2, 0.25) is 0 Å². The van der Waals surface area contributed by atoms with Gasteiger partial charge in [0, 0.05) is 18.6 Å². The maximum atomic E-state index is 12.8. The molecular formula is C14H23FN2. The fraction of sp³-hybridized carbons (Fsp3) is 0.571. The summed E-state index contributed by atoms with van der Waals surface area (Å²) in [7, 11) is 4.09. The van der Waals surface area contributed by atoms with Crippen molar-refractivity contribution < 1.29 is 4.39 Å². The first-order chi connectivity index (χ1) is 8.02. The van der Waals surface area contributed by atoms with Crippen molar-refractivity contribution in [1.82, 2.24) is 10.2 Å². The highest BCUT2D eigenvalue weighted by molar-refractivity contribution is 5.15. The zero-order chi connectivity index (χ0) is 12.8. The molecule has 1 N–H and O–H groups in total. The molecule has 17 heavy (non-hydrogen) atoms. The lowest BCUT2D eigenvalue weighted by molar-refractivity contribution is 0.224. The Bertz CT molecular complexity index is 323. The minimum absolute atomic E-state index is 0.173. The molecule has 1 aromatic rings. The van der Waals surface area contributed by atoms with E-state index in [4.69, 9.17) is 0 Å². The summed E-state index contributed by atoms with van der Waals surface area (Å²) in [5.41, 5.74) is 1.15. The van der Waals surface area contributed by atoms with E-state index < -0.39 is 0 Å². The summed E-state index contributed by atoms with van der Waals surface area (Å²) in [5, 5.41) is 3.25. The van der Waals surface area contributed by atoms with Gasteiger partial charge in [0.15, 0.2) is 0 Å². The molecule has 2 unspecified atom stereocenters. The third-order valence-corrected chi connectivity index (χ3v) is 3.29. The van der Waals surface area contributed by atoms with E-state index in [1.54, 1.807) is 0 Å². The second-order valence-corrected chi connectivity index (χ2v) is 4.82. The van der Waals surface area contributed by atoms with E-state index in [2.05, 4.69) is 31.1 Å². The Hall–Kier alpha value is -0.930. The smallest absolute Gasteiger partial charge is 0.123 e. The van der Waals surface area contributed by atoms with Gasteiger partial charge in [-0.1, -0.05) is 12.1 Å². The standard InChI is InChI=1S/C14H23FN2/c1-11(16-3)9-12(2)17(4)10-13-5-7-14(15)8-6-13/h5-8,11-12,16H,9-10H2,1-4H3. The molecule has 0 saturated carbocycles. The van der Waals surface area contributed by atoms with Crippen molar-refractivity contribution in [2.24, 2.45) is 0 Å². The monoisotopic (exact) mass is 238 g/mol. The topological polar surface area (TPSA) is 15.3 Å². The number of rotatable bonds is 6. The van der Waals surface area contributed by atoms with Crippen molar-refractivity contribution in [3.63, 3.8) is 0 Å². The summed E-state index contributed by atoms with van der Waals surface area (Å²) in [6.45, 7) is 5.26. The maximum Gasteiger partial charge on any atom is 0.123 e. The molecule has 0 aliphatic carbocycles. The van der Waals surface area contributed by atoms with E-state index in [9.17, 15) is 4.39 Å². The van der Waals surface area contributed by atoms with Crippen LogP contribution >= 0.6 is 0 Å². The van der Waals surface area contributed by atoms with Crippen LogP contribution in [0.1, 0.15) is 25.8 Å². The Balaban J connectivity index is 2.47. The predicted molar refractivity (Wildman–Crippen MR) is 70.5 cm³/mol. The predicted octanol–water partition coefficient (Wildman–Crippen LogP) is 2.64. The molecule has 96 valence electrons. The third-order valence-electron chi connectivity index (χ3n) is 3.29. The van der Waals surface area contributed by atoms with E-state index in [1.807, 2.05) is 19.2 Å². The zero-order valence-electron chi connectivity index (χ0n) is 11.2.